The van der Waals surface area contributed by atoms with Crippen molar-refractivity contribution in [3.05, 3.63) is 11.7 Å². The molecule has 0 aromatic carbocycles. The summed E-state index contributed by atoms with van der Waals surface area (Å²) in [5, 5.41) is 7.38. The van der Waals surface area contributed by atoms with Gasteiger partial charge >= 0.3 is 0 Å². The number of hydrogen-bond acceptors (Lipinski definition) is 5. The molecule has 0 amide bonds. The molecule has 14 heavy (non-hydrogen) atoms. The van der Waals surface area contributed by atoms with E-state index in [1.54, 1.807) is 0 Å². The monoisotopic (exact) mass is 213 g/mol. The van der Waals surface area contributed by atoms with Crippen molar-refractivity contribution in [1.29, 1.82) is 0 Å². The van der Waals surface area contributed by atoms with Gasteiger partial charge in [-0.2, -0.15) is 16.7 Å². The zero-order chi connectivity index (χ0) is 9.97. The van der Waals surface area contributed by atoms with E-state index >= 15 is 0 Å². The first-order valence-electron chi connectivity index (χ1n) is 4.92. The van der Waals surface area contributed by atoms with E-state index in [1.807, 2.05) is 11.8 Å². The molecule has 0 spiro atoms. The third-order valence-electron chi connectivity index (χ3n) is 2.18. The van der Waals surface area contributed by atoms with Crippen LogP contribution in [0.4, 0.5) is 0 Å². The van der Waals surface area contributed by atoms with Gasteiger partial charge in [0, 0.05) is 24.0 Å². The van der Waals surface area contributed by atoms with Gasteiger partial charge in [-0.1, -0.05) is 19.0 Å². The van der Waals surface area contributed by atoms with Crippen LogP contribution in [0, 0.1) is 0 Å². The number of hydrogen-bond donors (Lipinski definition) is 1. The lowest BCUT2D eigenvalue weighted by atomic mass is 10.2. The molecule has 1 fully saturated rings. The molecule has 1 atom stereocenters. The van der Waals surface area contributed by atoms with Gasteiger partial charge in [-0.3, -0.25) is 0 Å². The zero-order valence-electron chi connectivity index (χ0n) is 8.49. The largest absolute Gasteiger partial charge is 0.339 e. The fourth-order valence-corrected chi connectivity index (χ4v) is 2.29. The van der Waals surface area contributed by atoms with Gasteiger partial charge in [0.25, 0.3) is 0 Å². The highest BCUT2D eigenvalue weighted by Crippen LogP contribution is 2.21. The smallest absolute Gasteiger partial charge is 0.229 e. The molecule has 2 heterocycles. The molecule has 78 valence electrons. The van der Waals surface area contributed by atoms with Crippen LogP contribution in [0.5, 0.6) is 0 Å². The molecule has 2 rings (SSSR count). The summed E-state index contributed by atoms with van der Waals surface area (Å²) in [6.07, 6.45) is 0. The fraction of sp³-hybridized carbons (Fsp3) is 0.778. The molecule has 5 heteroatoms. The second-order valence-electron chi connectivity index (χ2n) is 3.73. The molecule has 0 bridgehead atoms. The Balaban J connectivity index is 2.07. The maximum Gasteiger partial charge on any atom is 0.229 e. The van der Waals surface area contributed by atoms with Crippen LogP contribution in [-0.2, 0) is 0 Å². The van der Waals surface area contributed by atoms with Crippen molar-refractivity contribution in [3.63, 3.8) is 0 Å². The summed E-state index contributed by atoms with van der Waals surface area (Å²) in [7, 11) is 0. The van der Waals surface area contributed by atoms with Crippen molar-refractivity contribution in [3.8, 4) is 0 Å². The quantitative estimate of drug-likeness (QED) is 0.808. The Kier molecular flexibility index (Phi) is 3.08. The van der Waals surface area contributed by atoms with Crippen molar-refractivity contribution in [2.75, 3.05) is 18.1 Å². The molecule has 1 aromatic heterocycles. The maximum atomic E-state index is 5.17. The van der Waals surface area contributed by atoms with Gasteiger partial charge in [-0.25, -0.2) is 0 Å². The molecule has 4 nitrogen and oxygen atoms in total. The number of nitrogens with one attached hydrogen (secondary N) is 1. The van der Waals surface area contributed by atoms with Crippen molar-refractivity contribution >= 4 is 11.8 Å². The van der Waals surface area contributed by atoms with Crippen LogP contribution >= 0.6 is 11.8 Å². The van der Waals surface area contributed by atoms with Crippen LogP contribution < -0.4 is 5.32 Å². The summed E-state index contributed by atoms with van der Waals surface area (Å²) < 4.78 is 5.17. The molecule has 1 N–H and O–H groups in total. The number of aromatic nitrogens is 2. The van der Waals surface area contributed by atoms with Gasteiger partial charge in [0.2, 0.25) is 5.89 Å². The Morgan fingerprint density at radius 1 is 1.57 bits per heavy atom. The van der Waals surface area contributed by atoms with Gasteiger partial charge in [-0.05, 0) is 0 Å². The van der Waals surface area contributed by atoms with Gasteiger partial charge in [0.15, 0.2) is 5.82 Å². The number of rotatable bonds is 2. The Bertz CT molecular complexity index is 294. The van der Waals surface area contributed by atoms with Crippen molar-refractivity contribution in [1.82, 2.24) is 15.5 Å². The van der Waals surface area contributed by atoms with Crippen LogP contribution in [-0.4, -0.2) is 28.2 Å². The van der Waals surface area contributed by atoms with Gasteiger partial charge in [0.1, 0.15) is 0 Å². The van der Waals surface area contributed by atoms with Crippen molar-refractivity contribution in [2.45, 2.75) is 25.8 Å². The van der Waals surface area contributed by atoms with Crippen LogP contribution in [0.1, 0.15) is 37.5 Å². The van der Waals surface area contributed by atoms with Crippen LogP contribution in [0.3, 0.4) is 0 Å². The second kappa shape index (κ2) is 4.31. The summed E-state index contributed by atoms with van der Waals surface area (Å²) >= 11 is 1.93. The standard InChI is InChI=1S/C9H15N3OS/c1-6(2)9-11-8(12-13-9)7-5-14-4-3-10-7/h6-7,10H,3-5H2,1-2H3. The molecule has 0 saturated carbocycles. The SMILES string of the molecule is CC(C)c1nc(C2CSCCN2)no1. The fourth-order valence-electron chi connectivity index (χ4n) is 1.35. The highest BCUT2D eigenvalue weighted by Gasteiger charge is 2.21. The van der Waals surface area contributed by atoms with Crippen molar-refractivity contribution < 1.29 is 4.52 Å². The van der Waals surface area contributed by atoms with Gasteiger partial charge in [0.05, 0.1) is 6.04 Å². The molecular formula is C9H15N3OS. The number of nitrogens with zero attached hydrogens (tertiary/aromatic N) is 2. The summed E-state index contributed by atoms with van der Waals surface area (Å²) in [6, 6.07) is 0.269. The average molecular weight is 213 g/mol. The predicted molar refractivity (Wildman–Crippen MR) is 56.5 cm³/mol. The van der Waals surface area contributed by atoms with E-state index in [0.29, 0.717) is 5.92 Å². The Labute approximate surface area is 87.8 Å². The molecule has 1 aromatic rings. The highest BCUT2D eigenvalue weighted by atomic mass is 32.2. The zero-order valence-corrected chi connectivity index (χ0v) is 9.30. The molecule has 1 unspecified atom stereocenters. The van der Waals surface area contributed by atoms with E-state index in [1.165, 1.54) is 5.75 Å². The minimum atomic E-state index is 0.269. The Morgan fingerprint density at radius 3 is 3.00 bits per heavy atom. The van der Waals surface area contributed by atoms with Gasteiger partial charge < -0.3 is 9.84 Å². The lowest BCUT2D eigenvalue weighted by Gasteiger charge is -2.19. The molecule has 0 radical (unpaired) electrons. The van der Waals surface area contributed by atoms with Crippen LogP contribution in [0.15, 0.2) is 4.52 Å². The summed E-state index contributed by atoms with van der Waals surface area (Å²) in [6.45, 7) is 5.14. The van der Waals surface area contributed by atoms with Crippen molar-refractivity contribution in [2.24, 2.45) is 0 Å². The third-order valence-corrected chi connectivity index (χ3v) is 3.25. The van der Waals surface area contributed by atoms with E-state index in [2.05, 4.69) is 29.3 Å². The molecule has 1 aliphatic heterocycles. The first-order valence-corrected chi connectivity index (χ1v) is 6.07. The maximum absolute atomic E-state index is 5.17. The summed E-state index contributed by atoms with van der Waals surface area (Å²) in [4.78, 5) is 4.38. The minimum Gasteiger partial charge on any atom is -0.339 e. The lowest BCUT2D eigenvalue weighted by Crippen LogP contribution is -2.31. The summed E-state index contributed by atoms with van der Waals surface area (Å²) in [5.41, 5.74) is 0. The van der Waals surface area contributed by atoms with E-state index in [-0.39, 0.29) is 6.04 Å². The van der Waals surface area contributed by atoms with E-state index in [9.17, 15) is 0 Å². The first kappa shape index (κ1) is 9.98. The van der Waals surface area contributed by atoms with Gasteiger partial charge in [-0.15, -0.1) is 0 Å². The topological polar surface area (TPSA) is 51.0 Å². The normalized spacial score (nSPS) is 22.9. The summed E-state index contributed by atoms with van der Waals surface area (Å²) in [5.74, 6) is 4.06. The first-order chi connectivity index (χ1) is 6.77. The van der Waals surface area contributed by atoms with E-state index in [4.69, 9.17) is 4.52 Å². The average Bonchev–Trinajstić information content (AvgIpc) is 2.68. The molecule has 1 aliphatic rings. The highest BCUT2D eigenvalue weighted by molar-refractivity contribution is 7.99. The van der Waals surface area contributed by atoms with E-state index in [0.717, 1.165) is 24.0 Å². The Hall–Kier alpha value is -0.550. The third kappa shape index (κ3) is 2.09. The molecule has 0 aliphatic carbocycles. The van der Waals surface area contributed by atoms with Crippen LogP contribution in [0.2, 0.25) is 0 Å². The molecular weight excluding hydrogens is 198 g/mol. The lowest BCUT2D eigenvalue weighted by molar-refractivity contribution is 0.356. The minimum absolute atomic E-state index is 0.269. The van der Waals surface area contributed by atoms with Crippen LogP contribution in [0.25, 0.3) is 0 Å². The number of thioether (sulfide) groups is 1. The Morgan fingerprint density at radius 2 is 2.43 bits per heavy atom. The predicted octanol–water partition coefficient (Wildman–Crippen LogP) is 1.57. The second-order valence-corrected chi connectivity index (χ2v) is 4.88. The van der Waals surface area contributed by atoms with E-state index < -0.39 is 0 Å². The molecule has 1 saturated heterocycles.